The molecule has 0 saturated carbocycles. The fourth-order valence-corrected chi connectivity index (χ4v) is 4.09. The van der Waals surface area contributed by atoms with E-state index in [1.165, 1.54) is 11.1 Å². The van der Waals surface area contributed by atoms with Crippen molar-refractivity contribution in [3.63, 3.8) is 0 Å². The van der Waals surface area contributed by atoms with Crippen molar-refractivity contribution < 1.29 is 5.11 Å². The molecule has 1 heterocycles. The highest BCUT2D eigenvalue weighted by molar-refractivity contribution is 5.44. The zero-order valence-corrected chi connectivity index (χ0v) is 11.9. The minimum absolute atomic E-state index is 0.203. The number of aromatic hydroxyl groups is 1. The molecule has 1 fully saturated rings. The van der Waals surface area contributed by atoms with Crippen LogP contribution in [0, 0.1) is 5.92 Å². The Labute approximate surface area is 115 Å². The highest BCUT2D eigenvalue weighted by Crippen LogP contribution is 2.49. The van der Waals surface area contributed by atoms with Crippen molar-refractivity contribution in [1.82, 2.24) is 4.90 Å². The second kappa shape index (κ2) is 4.38. The Morgan fingerprint density at radius 1 is 1.53 bits per heavy atom. The molecular formula is C17H23NO. The van der Waals surface area contributed by atoms with Gasteiger partial charge in [0.2, 0.25) is 0 Å². The second-order valence-corrected chi connectivity index (χ2v) is 6.35. The Bertz CT molecular complexity index is 510. The molecule has 0 amide bonds. The maximum Gasteiger partial charge on any atom is 0.115 e. The molecule has 3 rings (SSSR count). The molecule has 0 radical (unpaired) electrons. The molecule has 2 heteroatoms. The lowest BCUT2D eigenvalue weighted by Gasteiger charge is -2.54. The number of phenolic OH excluding ortho intramolecular Hbond substituents is 1. The van der Waals surface area contributed by atoms with Crippen LogP contribution >= 0.6 is 0 Å². The Balaban J connectivity index is 2.06. The molecule has 1 aliphatic carbocycles. The number of nitrogens with zero attached hydrogens (tertiary/aromatic N) is 1. The van der Waals surface area contributed by atoms with Crippen LogP contribution in [0.4, 0.5) is 0 Å². The summed E-state index contributed by atoms with van der Waals surface area (Å²) in [4.78, 5) is 2.56. The lowest BCUT2D eigenvalue weighted by atomic mass is 9.59. The number of fused-ring (bicyclic) bond motifs is 4. The van der Waals surface area contributed by atoms with E-state index >= 15 is 0 Å². The van der Waals surface area contributed by atoms with Gasteiger partial charge in [0.25, 0.3) is 0 Å². The van der Waals surface area contributed by atoms with Gasteiger partial charge in [-0.3, -0.25) is 4.90 Å². The van der Waals surface area contributed by atoms with Crippen LogP contribution in [0.15, 0.2) is 30.9 Å². The molecule has 2 bridgehead atoms. The van der Waals surface area contributed by atoms with Crippen LogP contribution in [-0.2, 0) is 11.8 Å². The Hall–Kier alpha value is -1.28. The summed E-state index contributed by atoms with van der Waals surface area (Å²) in [5.41, 5.74) is 2.99. The summed E-state index contributed by atoms with van der Waals surface area (Å²) in [5, 5.41) is 9.80. The molecule has 0 aromatic heterocycles. The van der Waals surface area contributed by atoms with Crippen molar-refractivity contribution in [2.24, 2.45) is 5.92 Å². The molecule has 2 nitrogen and oxygen atoms in total. The predicted molar refractivity (Wildman–Crippen MR) is 78.5 cm³/mol. The standard InChI is InChI=1S/C17H23NO/c1-4-8-18-9-7-17(3)12(2)16(18)10-13-5-6-14(19)11-15(13)17/h4-6,11-12,16,19H,1,7-10H2,2-3H3/t12-,16-,17-/m0/s1. The first-order chi connectivity index (χ1) is 9.06. The van der Waals surface area contributed by atoms with E-state index < -0.39 is 0 Å². The number of hydrogen-bond donors (Lipinski definition) is 1. The molecule has 1 aromatic carbocycles. The van der Waals surface area contributed by atoms with Gasteiger partial charge in [0.05, 0.1) is 0 Å². The number of likely N-dealkylation sites (tertiary alicyclic amines) is 1. The molecule has 19 heavy (non-hydrogen) atoms. The molecule has 3 atom stereocenters. The number of benzene rings is 1. The summed E-state index contributed by atoms with van der Waals surface area (Å²) < 4.78 is 0. The van der Waals surface area contributed by atoms with E-state index in [2.05, 4.69) is 31.4 Å². The van der Waals surface area contributed by atoms with Gasteiger partial charge in [0.1, 0.15) is 5.75 Å². The minimum Gasteiger partial charge on any atom is -0.508 e. The van der Waals surface area contributed by atoms with Crippen LogP contribution in [0.3, 0.4) is 0 Å². The van der Waals surface area contributed by atoms with Gasteiger partial charge in [-0.25, -0.2) is 0 Å². The molecule has 0 spiro atoms. The van der Waals surface area contributed by atoms with Crippen molar-refractivity contribution in [2.75, 3.05) is 13.1 Å². The van der Waals surface area contributed by atoms with Crippen molar-refractivity contribution in [3.05, 3.63) is 42.0 Å². The van der Waals surface area contributed by atoms with Gasteiger partial charge >= 0.3 is 0 Å². The van der Waals surface area contributed by atoms with Crippen LogP contribution in [0.2, 0.25) is 0 Å². The fourth-order valence-electron chi connectivity index (χ4n) is 4.09. The van der Waals surface area contributed by atoms with E-state index in [1.807, 2.05) is 18.2 Å². The Kier molecular flexibility index (Phi) is 2.94. The maximum absolute atomic E-state index is 9.80. The van der Waals surface area contributed by atoms with Crippen molar-refractivity contribution >= 4 is 0 Å². The molecule has 2 aliphatic rings. The van der Waals surface area contributed by atoms with Gasteiger partial charge in [-0.05, 0) is 54.0 Å². The van der Waals surface area contributed by atoms with Crippen LogP contribution in [0.1, 0.15) is 31.4 Å². The van der Waals surface area contributed by atoms with Crippen molar-refractivity contribution in [3.8, 4) is 5.75 Å². The number of rotatable bonds is 2. The lowest BCUT2D eigenvalue weighted by molar-refractivity contribution is 0.0398. The smallest absolute Gasteiger partial charge is 0.115 e. The average molecular weight is 257 g/mol. The highest BCUT2D eigenvalue weighted by Gasteiger charge is 2.48. The van der Waals surface area contributed by atoms with E-state index in [9.17, 15) is 5.11 Å². The minimum atomic E-state index is 0.203. The summed E-state index contributed by atoms with van der Waals surface area (Å²) in [6.45, 7) is 10.7. The fraction of sp³-hybridized carbons (Fsp3) is 0.529. The SMILES string of the molecule is C=CCN1CC[C@]2(C)c3cc(O)ccc3C[C@H]1[C@@H]2C. The lowest BCUT2D eigenvalue weighted by Crippen LogP contribution is -2.57. The average Bonchev–Trinajstić information content (AvgIpc) is 2.38. The summed E-state index contributed by atoms with van der Waals surface area (Å²) in [6, 6.07) is 6.53. The number of piperidine rings is 1. The van der Waals surface area contributed by atoms with Crippen LogP contribution in [-0.4, -0.2) is 29.1 Å². The molecular weight excluding hydrogens is 234 g/mol. The number of phenols is 1. The van der Waals surface area contributed by atoms with Crippen molar-refractivity contribution in [1.29, 1.82) is 0 Å². The Morgan fingerprint density at radius 2 is 2.32 bits per heavy atom. The Morgan fingerprint density at radius 3 is 3.05 bits per heavy atom. The molecule has 1 saturated heterocycles. The summed E-state index contributed by atoms with van der Waals surface area (Å²) in [6.07, 6.45) is 4.27. The highest BCUT2D eigenvalue weighted by atomic mass is 16.3. The zero-order chi connectivity index (χ0) is 13.6. The monoisotopic (exact) mass is 257 g/mol. The first-order valence-electron chi connectivity index (χ1n) is 7.23. The quantitative estimate of drug-likeness (QED) is 0.823. The van der Waals surface area contributed by atoms with E-state index in [4.69, 9.17) is 0 Å². The van der Waals surface area contributed by atoms with Crippen LogP contribution in [0.5, 0.6) is 5.75 Å². The third-order valence-electron chi connectivity index (χ3n) is 5.47. The molecule has 1 N–H and O–H groups in total. The summed E-state index contributed by atoms with van der Waals surface area (Å²) in [7, 11) is 0. The molecule has 0 unspecified atom stereocenters. The van der Waals surface area contributed by atoms with Gasteiger partial charge in [-0.1, -0.05) is 26.0 Å². The predicted octanol–water partition coefficient (Wildman–Crippen LogP) is 3.10. The molecule has 1 aromatic rings. The molecule has 1 aliphatic heterocycles. The van der Waals surface area contributed by atoms with E-state index in [0.29, 0.717) is 17.7 Å². The normalized spacial score (nSPS) is 33.8. The van der Waals surface area contributed by atoms with Crippen molar-refractivity contribution in [2.45, 2.75) is 38.1 Å². The number of hydrogen-bond acceptors (Lipinski definition) is 2. The van der Waals surface area contributed by atoms with Gasteiger partial charge in [0, 0.05) is 12.6 Å². The third-order valence-corrected chi connectivity index (χ3v) is 5.47. The van der Waals surface area contributed by atoms with Crippen LogP contribution in [0.25, 0.3) is 0 Å². The maximum atomic E-state index is 9.80. The van der Waals surface area contributed by atoms with Gasteiger partial charge in [-0.15, -0.1) is 6.58 Å². The zero-order valence-electron chi connectivity index (χ0n) is 11.9. The summed E-state index contributed by atoms with van der Waals surface area (Å²) >= 11 is 0. The second-order valence-electron chi connectivity index (χ2n) is 6.35. The first-order valence-corrected chi connectivity index (χ1v) is 7.23. The van der Waals surface area contributed by atoms with Gasteiger partial charge in [0.15, 0.2) is 0 Å². The van der Waals surface area contributed by atoms with Crippen LogP contribution < -0.4 is 0 Å². The molecule has 102 valence electrons. The third kappa shape index (κ3) is 1.81. The summed E-state index contributed by atoms with van der Waals surface area (Å²) in [5.74, 6) is 1.02. The van der Waals surface area contributed by atoms with E-state index in [0.717, 1.165) is 25.9 Å². The van der Waals surface area contributed by atoms with Gasteiger partial charge < -0.3 is 5.11 Å². The van der Waals surface area contributed by atoms with Gasteiger partial charge in [-0.2, -0.15) is 0 Å². The largest absolute Gasteiger partial charge is 0.508 e. The van der Waals surface area contributed by atoms with E-state index in [-0.39, 0.29) is 5.41 Å². The first kappa shape index (κ1) is 12.7. The topological polar surface area (TPSA) is 23.5 Å². The van der Waals surface area contributed by atoms with E-state index in [1.54, 1.807) is 0 Å².